The first-order valence-electron chi connectivity index (χ1n) is 6.62. The first kappa shape index (κ1) is 11.6. The number of rotatable bonds is 7. The molecule has 0 spiro atoms. The van der Waals surface area contributed by atoms with E-state index in [0.29, 0.717) is 6.10 Å². The normalized spacial score (nSPS) is 25.4. The van der Waals surface area contributed by atoms with Gasteiger partial charge < -0.3 is 9.22 Å². The van der Waals surface area contributed by atoms with Gasteiger partial charge in [0.05, 0.1) is 0 Å². The zero-order valence-corrected chi connectivity index (χ0v) is 11.1. The molecule has 2 rings (SSSR count). The van der Waals surface area contributed by atoms with Crippen LogP contribution in [0.4, 0.5) is 0 Å². The molecule has 0 amide bonds. The van der Waals surface area contributed by atoms with Gasteiger partial charge in [-0.25, -0.2) is 0 Å². The Morgan fingerprint density at radius 3 is 2.40 bits per heavy atom. The van der Waals surface area contributed by atoms with Crippen molar-refractivity contribution in [2.24, 2.45) is 11.8 Å². The molecule has 0 bridgehead atoms. The highest BCUT2D eigenvalue weighted by molar-refractivity contribution is 6.15. The van der Waals surface area contributed by atoms with Crippen molar-refractivity contribution in [3.05, 3.63) is 0 Å². The van der Waals surface area contributed by atoms with E-state index in [2.05, 4.69) is 0 Å². The van der Waals surface area contributed by atoms with Gasteiger partial charge in [-0.15, -0.1) is 0 Å². The zero-order valence-electron chi connectivity index (χ0n) is 9.66. The molecule has 0 aromatic carbocycles. The fraction of sp³-hybridized carbons (Fsp3) is 1.00. The van der Waals surface area contributed by atoms with E-state index in [1.165, 1.54) is 57.8 Å². The Morgan fingerprint density at radius 2 is 1.93 bits per heavy atom. The van der Waals surface area contributed by atoms with Crippen LogP contribution in [0, 0.1) is 11.8 Å². The Labute approximate surface area is 95.5 Å². The maximum atomic E-state index is 8.99. The Balaban J connectivity index is 1.59. The van der Waals surface area contributed by atoms with Crippen LogP contribution in [0.3, 0.4) is 0 Å². The van der Waals surface area contributed by atoms with Crippen molar-refractivity contribution in [1.82, 2.24) is 0 Å². The van der Waals surface area contributed by atoms with Crippen LogP contribution in [0.15, 0.2) is 0 Å². The van der Waals surface area contributed by atoms with Gasteiger partial charge in [0.2, 0.25) is 0 Å². The van der Waals surface area contributed by atoms with Gasteiger partial charge in [0.15, 0.2) is 0 Å². The predicted octanol–water partition coefficient (Wildman–Crippen LogP) is 2.13. The molecule has 0 aliphatic heterocycles. The fourth-order valence-electron chi connectivity index (χ4n) is 2.75. The van der Waals surface area contributed by atoms with Crippen molar-refractivity contribution in [1.29, 1.82) is 0 Å². The standard InChI is InChI=1S/C12H24O2Si/c13-15-14-12(11-7-3-8-11)9-2-6-10-4-1-5-10/h10-13H,1-9,15H2. The molecule has 0 aromatic heterocycles. The second kappa shape index (κ2) is 6.02. The molecule has 1 N–H and O–H groups in total. The summed E-state index contributed by atoms with van der Waals surface area (Å²) in [7, 11) is -1.19. The van der Waals surface area contributed by atoms with Gasteiger partial charge >= 0.3 is 10.0 Å². The van der Waals surface area contributed by atoms with Gasteiger partial charge in [0.1, 0.15) is 0 Å². The minimum atomic E-state index is -1.19. The third-order valence-electron chi connectivity index (χ3n) is 4.29. The van der Waals surface area contributed by atoms with E-state index < -0.39 is 10.0 Å². The van der Waals surface area contributed by atoms with Gasteiger partial charge in [0, 0.05) is 6.10 Å². The van der Waals surface area contributed by atoms with E-state index in [-0.39, 0.29) is 0 Å². The predicted molar refractivity (Wildman–Crippen MR) is 64.2 cm³/mol. The van der Waals surface area contributed by atoms with Crippen LogP contribution in [0.2, 0.25) is 0 Å². The highest BCUT2D eigenvalue weighted by Crippen LogP contribution is 2.35. The summed E-state index contributed by atoms with van der Waals surface area (Å²) in [6.07, 6.45) is 12.8. The van der Waals surface area contributed by atoms with Gasteiger partial charge in [-0.3, -0.25) is 0 Å². The second-order valence-corrected chi connectivity index (χ2v) is 5.84. The molecule has 2 nitrogen and oxygen atoms in total. The van der Waals surface area contributed by atoms with E-state index in [9.17, 15) is 0 Å². The molecule has 2 aliphatic rings. The van der Waals surface area contributed by atoms with E-state index in [1.54, 1.807) is 0 Å². The summed E-state index contributed by atoms with van der Waals surface area (Å²) in [6.45, 7) is 0. The Kier molecular flexibility index (Phi) is 4.66. The van der Waals surface area contributed by atoms with Crippen LogP contribution < -0.4 is 0 Å². The van der Waals surface area contributed by atoms with Crippen molar-refractivity contribution in [3.8, 4) is 0 Å². The first-order valence-corrected chi connectivity index (χ1v) is 7.83. The Hall–Kier alpha value is 0.137. The zero-order chi connectivity index (χ0) is 10.5. The average molecular weight is 228 g/mol. The van der Waals surface area contributed by atoms with E-state index in [4.69, 9.17) is 9.22 Å². The minimum Gasteiger partial charge on any atom is -0.415 e. The van der Waals surface area contributed by atoms with Crippen LogP contribution >= 0.6 is 0 Å². The Bertz CT molecular complexity index is 178. The molecule has 2 fully saturated rings. The third kappa shape index (κ3) is 3.30. The topological polar surface area (TPSA) is 29.5 Å². The number of hydrogen-bond acceptors (Lipinski definition) is 2. The van der Waals surface area contributed by atoms with Crippen LogP contribution in [0.25, 0.3) is 0 Å². The lowest BCUT2D eigenvalue weighted by atomic mass is 9.77. The highest BCUT2D eigenvalue weighted by atomic mass is 28.2. The summed E-state index contributed by atoms with van der Waals surface area (Å²) in [6, 6.07) is 0. The minimum absolute atomic E-state index is 0.412. The monoisotopic (exact) mass is 228 g/mol. The summed E-state index contributed by atoms with van der Waals surface area (Å²) in [5, 5.41) is 0. The van der Waals surface area contributed by atoms with Crippen molar-refractivity contribution in [3.63, 3.8) is 0 Å². The Morgan fingerprint density at radius 1 is 1.20 bits per heavy atom. The molecule has 0 heterocycles. The molecule has 1 unspecified atom stereocenters. The molecule has 88 valence electrons. The van der Waals surface area contributed by atoms with Crippen LogP contribution in [-0.4, -0.2) is 20.9 Å². The van der Waals surface area contributed by atoms with Crippen molar-refractivity contribution >= 4 is 10.0 Å². The van der Waals surface area contributed by atoms with Crippen molar-refractivity contribution in [2.75, 3.05) is 0 Å². The molecule has 0 radical (unpaired) electrons. The lowest BCUT2D eigenvalue weighted by Gasteiger charge is -2.34. The SMILES string of the molecule is O[SiH2]OC(CCCC1CCC1)C1CCC1. The average Bonchev–Trinajstić information content (AvgIpc) is 2.06. The molecular formula is C12H24O2Si. The summed E-state index contributed by atoms with van der Waals surface area (Å²) in [5.41, 5.74) is 0. The van der Waals surface area contributed by atoms with Gasteiger partial charge in [0.25, 0.3) is 0 Å². The van der Waals surface area contributed by atoms with Gasteiger partial charge in [-0.1, -0.05) is 38.5 Å². The maximum Gasteiger partial charge on any atom is 0.302 e. The molecule has 1 atom stereocenters. The summed E-state index contributed by atoms with van der Waals surface area (Å²) < 4.78 is 5.57. The smallest absolute Gasteiger partial charge is 0.302 e. The third-order valence-corrected chi connectivity index (χ3v) is 4.87. The van der Waals surface area contributed by atoms with Crippen molar-refractivity contribution < 1.29 is 9.22 Å². The summed E-state index contributed by atoms with van der Waals surface area (Å²) in [5.74, 6) is 1.81. The molecule has 3 heteroatoms. The lowest BCUT2D eigenvalue weighted by Crippen LogP contribution is -2.31. The van der Waals surface area contributed by atoms with E-state index in [0.717, 1.165) is 11.8 Å². The summed E-state index contributed by atoms with van der Waals surface area (Å²) >= 11 is 0. The lowest BCUT2D eigenvalue weighted by molar-refractivity contribution is 0.0635. The quantitative estimate of drug-likeness (QED) is 0.677. The fourth-order valence-corrected chi connectivity index (χ4v) is 3.38. The van der Waals surface area contributed by atoms with Crippen LogP contribution in [0.1, 0.15) is 57.8 Å². The van der Waals surface area contributed by atoms with Gasteiger partial charge in [-0.2, -0.15) is 0 Å². The molecule has 2 saturated carbocycles. The van der Waals surface area contributed by atoms with E-state index in [1.807, 2.05) is 0 Å². The second-order valence-electron chi connectivity index (χ2n) is 5.25. The molecule has 15 heavy (non-hydrogen) atoms. The largest absolute Gasteiger partial charge is 0.415 e. The number of hydrogen-bond donors (Lipinski definition) is 1. The summed E-state index contributed by atoms with van der Waals surface area (Å²) in [4.78, 5) is 8.99. The maximum absolute atomic E-state index is 8.99. The molecular weight excluding hydrogens is 204 g/mol. The van der Waals surface area contributed by atoms with Crippen LogP contribution in [0.5, 0.6) is 0 Å². The molecule has 0 saturated heterocycles. The van der Waals surface area contributed by atoms with Crippen LogP contribution in [-0.2, 0) is 4.43 Å². The molecule has 0 aromatic rings. The van der Waals surface area contributed by atoms with Crippen molar-refractivity contribution in [2.45, 2.75) is 63.9 Å². The highest BCUT2D eigenvalue weighted by Gasteiger charge is 2.27. The van der Waals surface area contributed by atoms with E-state index >= 15 is 0 Å². The first-order chi connectivity index (χ1) is 7.40. The molecule has 2 aliphatic carbocycles. The van der Waals surface area contributed by atoms with Gasteiger partial charge in [-0.05, 0) is 31.1 Å².